The predicted octanol–water partition coefficient (Wildman–Crippen LogP) is 2.30. The molecule has 0 fully saturated rings. The fourth-order valence-electron chi connectivity index (χ4n) is 1.48. The molecule has 0 amide bonds. The van der Waals surface area contributed by atoms with Crippen molar-refractivity contribution in [3.8, 4) is 23.0 Å². The molecule has 2 N–H and O–H groups in total. The van der Waals surface area contributed by atoms with Crippen LogP contribution in [0.3, 0.4) is 0 Å². The van der Waals surface area contributed by atoms with E-state index in [0.717, 1.165) is 0 Å². The van der Waals surface area contributed by atoms with Crippen molar-refractivity contribution >= 4 is 15.9 Å². The minimum Gasteiger partial charge on any atom is -0.494 e. The number of ether oxygens (including phenoxy) is 1. The van der Waals surface area contributed by atoms with Gasteiger partial charge < -0.3 is 14.8 Å². The number of nitrogens with zero attached hydrogens (tertiary/aromatic N) is 1. The van der Waals surface area contributed by atoms with E-state index in [0.29, 0.717) is 23.7 Å². The Labute approximate surface area is 112 Å². The van der Waals surface area contributed by atoms with E-state index in [9.17, 15) is 9.90 Å². The van der Waals surface area contributed by atoms with Gasteiger partial charge in [0.25, 0.3) is 5.56 Å². The second kappa shape index (κ2) is 5.22. The summed E-state index contributed by atoms with van der Waals surface area (Å²) < 4.78 is 5.38. The minimum atomic E-state index is -0.431. The predicted molar refractivity (Wildman–Crippen MR) is 70.8 cm³/mol. The molecule has 0 aliphatic heterocycles. The number of nitrogens with one attached hydrogen (secondary N) is 1. The number of halogens is 1. The molecule has 1 heterocycles. The zero-order valence-electron chi connectivity index (χ0n) is 9.61. The van der Waals surface area contributed by atoms with Crippen molar-refractivity contribution in [3.63, 3.8) is 0 Å². The molecular formula is C12H11BrN2O3. The van der Waals surface area contributed by atoms with Gasteiger partial charge in [-0.15, -0.1) is 0 Å². The molecule has 1 aromatic carbocycles. The first kappa shape index (κ1) is 12.6. The lowest BCUT2D eigenvalue weighted by Gasteiger charge is -2.06. The van der Waals surface area contributed by atoms with E-state index in [1.54, 1.807) is 18.2 Å². The molecular weight excluding hydrogens is 300 g/mol. The average Bonchev–Trinajstić information content (AvgIpc) is 2.36. The van der Waals surface area contributed by atoms with Crippen molar-refractivity contribution in [2.24, 2.45) is 0 Å². The number of hydrogen-bond acceptors (Lipinski definition) is 4. The van der Waals surface area contributed by atoms with Gasteiger partial charge in [0, 0.05) is 5.56 Å². The van der Waals surface area contributed by atoms with Crippen LogP contribution in [-0.4, -0.2) is 21.7 Å². The third kappa shape index (κ3) is 2.53. The quantitative estimate of drug-likeness (QED) is 0.912. The molecule has 18 heavy (non-hydrogen) atoms. The van der Waals surface area contributed by atoms with Gasteiger partial charge in [0.1, 0.15) is 16.0 Å². The number of rotatable bonds is 3. The van der Waals surface area contributed by atoms with Crippen LogP contribution in [0.2, 0.25) is 0 Å². The lowest BCUT2D eigenvalue weighted by Crippen LogP contribution is -2.09. The van der Waals surface area contributed by atoms with Crippen LogP contribution in [0.5, 0.6) is 11.6 Å². The summed E-state index contributed by atoms with van der Waals surface area (Å²) in [5, 5.41) is 9.51. The van der Waals surface area contributed by atoms with Crippen LogP contribution in [0.25, 0.3) is 11.4 Å². The fourth-order valence-corrected chi connectivity index (χ4v) is 1.67. The first-order valence-corrected chi connectivity index (χ1v) is 6.13. The van der Waals surface area contributed by atoms with Crippen LogP contribution >= 0.6 is 15.9 Å². The molecule has 0 atom stereocenters. The summed E-state index contributed by atoms with van der Waals surface area (Å²) in [5.74, 6) is 0.637. The summed E-state index contributed by atoms with van der Waals surface area (Å²) in [6.07, 6.45) is 0. The molecule has 2 aromatic rings. The smallest absolute Gasteiger partial charge is 0.269 e. The SMILES string of the molecule is CCOc1cccc(-c2nc(O)c(Br)c(=O)[nH]2)c1. The van der Waals surface area contributed by atoms with Crippen molar-refractivity contribution in [3.05, 3.63) is 39.1 Å². The van der Waals surface area contributed by atoms with Gasteiger partial charge >= 0.3 is 0 Å². The monoisotopic (exact) mass is 310 g/mol. The maximum absolute atomic E-state index is 11.5. The van der Waals surface area contributed by atoms with Crippen molar-refractivity contribution < 1.29 is 9.84 Å². The number of hydrogen-bond donors (Lipinski definition) is 2. The van der Waals surface area contributed by atoms with E-state index in [1.165, 1.54) is 0 Å². The van der Waals surface area contributed by atoms with E-state index < -0.39 is 5.56 Å². The molecule has 0 aliphatic carbocycles. The van der Waals surface area contributed by atoms with E-state index in [1.807, 2.05) is 13.0 Å². The molecule has 0 spiro atoms. The lowest BCUT2D eigenvalue weighted by molar-refractivity contribution is 0.340. The number of H-pyrrole nitrogens is 1. The van der Waals surface area contributed by atoms with Crippen LogP contribution in [-0.2, 0) is 0 Å². The third-order valence-corrected chi connectivity index (χ3v) is 2.98. The Balaban J connectivity index is 2.48. The highest BCUT2D eigenvalue weighted by atomic mass is 79.9. The van der Waals surface area contributed by atoms with Gasteiger partial charge in [0.15, 0.2) is 0 Å². The molecule has 1 aromatic heterocycles. The Hall–Kier alpha value is -1.82. The van der Waals surface area contributed by atoms with Gasteiger partial charge in [-0.2, -0.15) is 4.98 Å². The van der Waals surface area contributed by atoms with Gasteiger partial charge in [0.05, 0.1) is 6.61 Å². The lowest BCUT2D eigenvalue weighted by atomic mass is 10.2. The molecule has 0 saturated heterocycles. The van der Waals surface area contributed by atoms with E-state index >= 15 is 0 Å². The van der Waals surface area contributed by atoms with Crippen molar-refractivity contribution in [1.29, 1.82) is 0 Å². The normalized spacial score (nSPS) is 10.3. The van der Waals surface area contributed by atoms with E-state index in [2.05, 4.69) is 25.9 Å². The van der Waals surface area contributed by atoms with Gasteiger partial charge in [-0.25, -0.2) is 0 Å². The van der Waals surface area contributed by atoms with Crippen molar-refractivity contribution in [1.82, 2.24) is 9.97 Å². The van der Waals surface area contributed by atoms with Crippen LogP contribution in [0.1, 0.15) is 6.92 Å². The minimum absolute atomic E-state index is 0.0206. The van der Waals surface area contributed by atoms with Crippen LogP contribution in [0.15, 0.2) is 33.5 Å². The molecule has 0 saturated carbocycles. The van der Waals surface area contributed by atoms with Crippen LogP contribution in [0, 0.1) is 0 Å². The van der Waals surface area contributed by atoms with Crippen LogP contribution < -0.4 is 10.3 Å². The number of aromatic hydroxyl groups is 1. The summed E-state index contributed by atoms with van der Waals surface area (Å²) in [6, 6.07) is 7.12. The van der Waals surface area contributed by atoms with Crippen molar-refractivity contribution in [2.45, 2.75) is 6.92 Å². The first-order chi connectivity index (χ1) is 8.61. The molecule has 2 rings (SSSR count). The molecule has 6 heteroatoms. The second-order valence-electron chi connectivity index (χ2n) is 3.51. The highest BCUT2D eigenvalue weighted by molar-refractivity contribution is 9.10. The summed E-state index contributed by atoms with van der Waals surface area (Å²) in [7, 11) is 0. The van der Waals surface area contributed by atoms with Gasteiger partial charge in [-0.3, -0.25) is 4.79 Å². The van der Waals surface area contributed by atoms with Gasteiger partial charge in [-0.05, 0) is 35.0 Å². The summed E-state index contributed by atoms with van der Waals surface area (Å²) in [5.41, 5.74) is 0.236. The highest BCUT2D eigenvalue weighted by Crippen LogP contribution is 2.23. The molecule has 0 aliphatic rings. The highest BCUT2D eigenvalue weighted by Gasteiger charge is 2.09. The maximum atomic E-state index is 11.5. The third-order valence-electron chi connectivity index (χ3n) is 2.26. The Morgan fingerprint density at radius 3 is 2.94 bits per heavy atom. The first-order valence-electron chi connectivity index (χ1n) is 5.34. The topological polar surface area (TPSA) is 75.2 Å². The summed E-state index contributed by atoms with van der Waals surface area (Å²) >= 11 is 2.94. The maximum Gasteiger partial charge on any atom is 0.269 e. The zero-order valence-corrected chi connectivity index (χ0v) is 11.2. The molecule has 5 nitrogen and oxygen atoms in total. The van der Waals surface area contributed by atoms with E-state index in [-0.39, 0.29) is 10.4 Å². The van der Waals surface area contributed by atoms with Crippen LogP contribution in [0.4, 0.5) is 0 Å². The van der Waals surface area contributed by atoms with Gasteiger partial charge in [0.2, 0.25) is 5.88 Å². The average molecular weight is 311 g/mol. The largest absolute Gasteiger partial charge is 0.494 e. The Bertz CT molecular complexity index is 625. The van der Waals surface area contributed by atoms with Gasteiger partial charge in [-0.1, -0.05) is 12.1 Å². The number of benzene rings is 1. The Morgan fingerprint density at radius 2 is 2.28 bits per heavy atom. The standard InChI is InChI=1S/C12H11BrN2O3/c1-2-18-8-5-3-4-7(6-8)10-14-11(16)9(13)12(17)15-10/h3-6H,2H2,1H3,(H2,14,15,16,17). The fraction of sp³-hybridized carbons (Fsp3) is 0.167. The Kier molecular flexibility index (Phi) is 3.66. The number of aromatic nitrogens is 2. The number of aromatic amines is 1. The molecule has 94 valence electrons. The summed E-state index contributed by atoms with van der Waals surface area (Å²) in [6.45, 7) is 2.44. The van der Waals surface area contributed by atoms with E-state index in [4.69, 9.17) is 4.74 Å². The second-order valence-corrected chi connectivity index (χ2v) is 4.31. The Morgan fingerprint density at radius 1 is 1.50 bits per heavy atom. The van der Waals surface area contributed by atoms with Crippen molar-refractivity contribution in [2.75, 3.05) is 6.61 Å². The zero-order chi connectivity index (χ0) is 13.1. The molecule has 0 radical (unpaired) electrons. The summed E-state index contributed by atoms with van der Waals surface area (Å²) in [4.78, 5) is 18.0. The molecule has 0 unspecified atom stereocenters. The molecule has 0 bridgehead atoms.